The molecule has 3 aromatic heterocycles. The van der Waals surface area contributed by atoms with E-state index < -0.39 is 0 Å². The van der Waals surface area contributed by atoms with Gasteiger partial charge in [-0.25, -0.2) is 9.67 Å². The first kappa shape index (κ1) is 13.9. The minimum Gasteiger partial charge on any atom is -0.486 e. The zero-order valence-corrected chi connectivity index (χ0v) is 12.6. The van der Waals surface area contributed by atoms with Gasteiger partial charge in [-0.05, 0) is 25.0 Å². The summed E-state index contributed by atoms with van der Waals surface area (Å²) in [7, 11) is 0. The molecular weight excluding hydrogens is 294 g/mol. The Morgan fingerprint density at radius 1 is 1.26 bits per heavy atom. The van der Waals surface area contributed by atoms with Crippen LogP contribution in [0.3, 0.4) is 0 Å². The minimum atomic E-state index is -0.174. The molecule has 7 heteroatoms. The third kappa shape index (κ3) is 2.69. The van der Waals surface area contributed by atoms with E-state index in [1.807, 2.05) is 4.68 Å². The molecule has 1 N–H and O–H groups in total. The van der Waals surface area contributed by atoms with Crippen molar-refractivity contribution in [1.82, 2.24) is 24.7 Å². The lowest BCUT2D eigenvalue weighted by Gasteiger charge is -2.11. The molecule has 1 aliphatic carbocycles. The normalized spacial score (nSPS) is 15.3. The number of hydrogen-bond donors (Lipinski definition) is 1. The molecule has 0 atom stereocenters. The van der Waals surface area contributed by atoms with Crippen molar-refractivity contribution in [3.8, 4) is 5.75 Å². The molecule has 0 bridgehead atoms. The highest BCUT2D eigenvalue weighted by molar-refractivity contribution is 5.73. The number of hydrogen-bond acceptors (Lipinski definition) is 5. The molecule has 1 fully saturated rings. The third-order valence-electron chi connectivity index (χ3n) is 4.21. The molecule has 7 nitrogen and oxygen atoms in total. The highest BCUT2D eigenvalue weighted by Crippen LogP contribution is 2.30. The molecule has 118 valence electrons. The van der Waals surface area contributed by atoms with Gasteiger partial charge >= 0.3 is 0 Å². The summed E-state index contributed by atoms with van der Waals surface area (Å²) in [5.74, 6) is 1.19. The van der Waals surface area contributed by atoms with Crippen molar-refractivity contribution < 1.29 is 4.74 Å². The second kappa shape index (κ2) is 5.83. The number of rotatable bonds is 4. The average Bonchev–Trinajstić information content (AvgIpc) is 3.23. The van der Waals surface area contributed by atoms with E-state index in [1.165, 1.54) is 12.8 Å². The summed E-state index contributed by atoms with van der Waals surface area (Å²) in [4.78, 5) is 23.5. The molecule has 3 heterocycles. The second-order valence-corrected chi connectivity index (χ2v) is 5.75. The zero-order valence-electron chi connectivity index (χ0n) is 12.6. The van der Waals surface area contributed by atoms with Crippen molar-refractivity contribution >= 4 is 11.0 Å². The second-order valence-electron chi connectivity index (χ2n) is 5.75. The van der Waals surface area contributed by atoms with Crippen molar-refractivity contribution in [2.75, 3.05) is 0 Å². The van der Waals surface area contributed by atoms with Crippen molar-refractivity contribution in [3.63, 3.8) is 0 Å². The molecule has 1 saturated carbocycles. The van der Waals surface area contributed by atoms with Crippen molar-refractivity contribution in [2.45, 2.75) is 38.3 Å². The van der Waals surface area contributed by atoms with Crippen LogP contribution in [0.15, 0.2) is 35.5 Å². The molecule has 0 aromatic carbocycles. The van der Waals surface area contributed by atoms with E-state index in [0.717, 1.165) is 12.8 Å². The van der Waals surface area contributed by atoms with Gasteiger partial charge in [-0.2, -0.15) is 5.10 Å². The Hall–Kier alpha value is -2.70. The van der Waals surface area contributed by atoms with Gasteiger partial charge in [0.05, 0.1) is 12.2 Å². The van der Waals surface area contributed by atoms with Crippen LogP contribution < -0.4 is 10.3 Å². The first-order chi connectivity index (χ1) is 11.3. The van der Waals surface area contributed by atoms with Gasteiger partial charge in [0.2, 0.25) is 0 Å². The maximum atomic E-state index is 12.2. The standard InChI is InChI=1S/C16H17N5O2/c22-16-13-9-18-21(11-3-1-2-4-11)15(13)19-14(20-16)10-23-12-5-7-17-8-6-12/h5-9,11H,1-4,10H2,(H,19,20,22). The fraction of sp³-hybridized carbons (Fsp3) is 0.375. The molecule has 4 rings (SSSR count). The van der Waals surface area contributed by atoms with Crippen molar-refractivity contribution in [3.05, 3.63) is 46.9 Å². The maximum absolute atomic E-state index is 12.2. The summed E-state index contributed by atoms with van der Waals surface area (Å²) in [5.41, 5.74) is 0.474. The lowest BCUT2D eigenvalue weighted by Crippen LogP contribution is -2.15. The van der Waals surface area contributed by atoms with Crippen LogP contribution in [0, 0.1) is 0 Å². The van der Waals surface area contributed by atoms with Gasteiger partial charge in [0.15, 0.2) is 5.65 Å². The van der Waals surface area contributed by atoms with Gasteiger partial charge in [-0.1, -0.05) is 12.8 Å². The van der Waals surface area contributed by atoms with E-state index in [4.69, 9.17) is 4.74 Å². The van der Waals surface area contributed by atoms with Gasteiger partial charge in [0, 0.05) is 12.4 Å². The Morgan fingerprint density at radius 3 is 2.83 bits per heavy atom. The van der Waals surface area contributed by atoms with Crippen molar-refractivity contribution in [2.24, 2.45) is 0 Å². The molecule has 0 aliphatic heterocycles. The van der Waals surface area contributed by atoms with Gasteiger partial charge < -0.3 is 9.72 Å². The smallest absolute Gasteiger partial charge is 0.262 e. The Bertz CT molecular complexity index is 865. The van der Waals surface area contributed by atoms with E-state index >= 15 is 0 Å². The van der Waals surface area contributed by atoms with E-state index in [2.05, 4.69) is 20.1 Å². The largest absolute Gasteiger partial charge is 0.486 e. The lowest BCUT2D eigenvalue weighted by molar-refractivity contribution is 0.295. The molecular formula is C16H17N5O2. The van der Waals surface area contributed by atoms with Gasteiger partial charge in [-0.15, -0.1) is 0 Å². The molecule has 0 unspecified atom stereocenters. The number of fused-ring (bicyclic) bond motifs is 1. The first-order valence-corrected chi connectivity index (χ1v) is 7.80. The Balaban J connectivity index is 1.65. The van der Waals surface area contributed by atoms with Crippen molar-refractivity contribution in [1.29, 1.82) is 0 Å². The van der Waals surface area contributed by atoms with Crippen LogP contribution in [-0.2, 0) is 6.61 Å². The summed E-state index contributed by atoms with van der Waals surface area (Å²) >= 11 is 0. The molecule has 0 spiro atoms. The number of H-pyrrole nitrogens is 1. The average molecular weight is 311 g/mol. The van der Waals surface area contributed by atoms with Crippen LogP contribution in [-0.4, -0.2) is 24.7 Å². The summed E-state index contributed by atoms with van der Waals surface area (Å²) in [5, 5.41) is 4.91. The van der Waals surface area contributed by atoms with Crippen LogP contribution >= 0.6 is 0 Å². The summed E-state index contributed by atoms with van der Waals surface area (Å²) in [6.07, 6.45) is 9.50. The quantitative estimate of drug-likeness (QED) is 0.798. The SMILES string of the molecule is O=c1[nH]c(COc2ccncc2)nc2c1cnn2C1CCCC1. The number of aromatic nitrogens is 5. The molecule has 0 saturated heterocycles. The number of aromatic amines is 1. The summed E-state index contributed by atoms with van der Waals surface area (Å²) in [6.45, 7) is 0.199. The Morgan fingerprint density at radius 2 is 2.04 bits per heavy atom. The number of pyridine rings is 1. The minimum absolute atomic E-state index is 0.174. The molecule has 23 heavy (non-hydrogen) atoms. The molecule has 3 aromatic rings. The van der Waals surface area contributed by atoms with E-state index in [0.29, 0.717) is 28.6 Å². The fourth-order valence-corrected chi connectivity index (χ4v) is 3.05. The fourth-order valence-electron chi connectivity index (χ4n) is 3.05. The van der Waals surface area contributed by atoms with Crippen LogP contribution in [0.1, 0.15) is 37.5 Å². The first-order valence-electron chi connectivity index (χ1n) is 7.80. The highest BCUT2D eigenvalue weighted by Gasteiger charge is 2.21. The molecule has 0 amide bonds. The summed E-state index contributed by atoms with van der Waals surface area (Å²) < 4.78 is 7.53. The lowest BCUT2D eigenvalue weighted by atomic mass is 10.2. The maximum Gasteiger partial charge on any atom is 0.262 e. The number of nitrogens with zero attached hydrogens (tertiary/aromatic N) is 4. The van der Waals surface area contributed by atoms with Gasteiger partial charge in [-0.3, -0.25) is 9.78 Å². The molecule has 0 radical (unpaired) electrons. The zero-order chi connectivity index (χ0) is 15.6. The van der Waals surface area contributed by atoms with Gasteiger partial charge in [0.1, 0.15) is 23.6 Å². The summed E-state index contributed by atoms with van der Waals surface area (Å²) in [6, 6.07) is 3.87. The van der Waals surface area contributed by atoms with E-state index in [9.17, 15) is 4.79 Å². The Kier molecular flexibility index (Phi) is 3.53. The van der Waals surface area contributed by atoms with Crippen LogP contribution in [0.25, 0.3) is 11.0 Å². The number of ether oxygens (including phenoxy) is 1. The predicted molar refractivity (Wildman–Crippen MR) is 84.2 cm³/mol. The van der Waals surface area contributed by atoms with Crippen LogP contribution in [0.4, 0.5) is 0 Å². The number of nitrogens with one attached hydrogen (secondary N) is 1. The van der Waals surface area contributed by atoms with E-state index in [1.54, 1.807) is 30.7 Å². The molecule has 1 aliphatic rings. The van der Waals surface area contributed by atoms with Gasteiger partial charge in [0.25, 0.3) is 5.56 Å². The highest BCUT2D eigenvalue weighted by atomic mass is 16.5. The van der Waals surface area contributed by atoms with Crippen LogP contribution in [0.2, 0.25) is 0 Å². The van der Waals surface area contributed by atoms with E-state index in [-0.39, 0.29) is 12.2 Å². The topological polar surface area (TPSA) is 85.7 Å². The third-order valence-corrected chi connectivity index (χ3v) is 4.21. The Labute approximate surface area is 132 Å². The van der Waals surface area contributed by atoms with Crippen LogP contribution in [0.5, 0.6) is 5.75 Å². The monoisotopic (exact) mass is 311 g/mol. The predicted octanol–water partition coefficient (Wildman–Crippen LogP) is 2.21.